The maximum atomic E-state index is 15.2. The molecule has 17 heteroatoms. The van der Waals surface area contributed by atoms with Crippen LogP contribution >= 0.6 is 0 Å². The van der Waals surface area contributed by atoms with E-state index in [1.807, 2.05) is 25.2 Å². The van der Waals surface area contributed by atoms with Crippen molar-refractivity contribution in [1.29, 1.82) is 0 Å². The number of carbonyl (C=O) groups excluding carboxylic acids is 5. The van der Waals surface area contributed by atoms with Crippen LogP contribution in [0.2, 0.25) is 0 Å². The Morgan fingerprint density at radius 2 is 0.530 bits per heavy atom. The van der Waals surface area contributed by atoms with Crippen LogP contribution < -0.4 is 0 Å². The molecule has 4 N–H and O–H groups in total. The molecule has 2 fully saturated rings. The molecule has 2 rings (SSSR count). The SMILES string of the molecule is CCCCCCCCCCCCCCCCCC[C@H](C)C[C@H](C)/C=C(\C)C(=O)OCC1O[C@H](O[C@H]2OC(CO)[C@@H](OC(=O)/C(C)=C/[C@@H](C)C[C@@H](C)CCCCCCCCCCCCCCCC)C(O)[C@@H]2OC(=O)[C@@H](C)[C@@H](O)[C@@H](C)C[C@@H](C)CCCCCCCCCCCCCCCCCC)[C@H](OC(=O)CCCCCCCCCCCCCCC)C(OC(=O)/C(C)=C/[C@@H](C)C[C@@H](C)CCCCCCCCCCCCCCCC)[C@@H]1O. The molecule has 20 atom stereocenters. The fraction of sp³-hybridized carbons (Fsp3) is 0.917. The standard InChI is InChI=1S/C132H246O17/c1-18-23-28-33-38-43-48-53-57-59-64-68-73-76-81-86-91-105(6)96-109(10)100-113(14)127(138)142-104-118-121(136)124(147-129(140)115(16)102-111(12)98-107(8)93-88-83-78-72-67-63-56-51-46-41-36-31-26-21-4)126(145-119(134)95-90-85-80-75-70-61-52-47-42-37-32-27-22-5)132(144-118)149-131-125(148-130(141)116(17)120(135)112(13)99-108(9)94-89-84-79-74-69-65-60-58-54-49-44-39-34-29-24-19-2)122(137)123(117(103-133)143-131)146-128(139)114(15)101-110(11)97-106(7)92-87-82-77-71-66-62-55-50-45-40-35-30-25-20-3/h100-102,105-112,116-118,120-126,131-133,135-137H,18-99,103-104H2,1-17H3/b113-100+,114-101+,115-102+/t105-,106-,107-,108-,109-,110-,111-,112-,116-,117?,118?,120-,121+,122?,123+,124?,125-,126+,131+,132+/m0/s1. The van der Waals surface area contributed by atoms with Gasteiger partial charge in [0.05, 0.1) is 18.6 Å². The van der Waals surface area contributed by atoms with Gasteiger partial charge in [-0.05, 0) is 107 Å². The molecule has 2 saturated heterocycles. The van der Waals surface area contributed by atoms with Gasteiger partial charge in [-0.25, -0.2) is 14.4 Å². The average molecular weight is 2110 g/mol. The summed E-state index contributed by atoms with van der Waals surface area (Å²) in [5.41, 5.74) is 0.876. The molecule has 876 valence electrons. The van der Waals surface area contributed by atoms with Crippen molar-refractivity contribution in [2.45, 2.75) is 712 Å². The molecular formula is C132H246O17. The number of unbranched alkanes of at least 4 members (excludes halogenated alkanes) is 68. The molecule has 0 spiro atoms. The highest BCUT2D eigenvalue weighted by molar-refractivity contribution is 5.89. The second-order valence-corrected chi connectivity index (χ2v) is 48.6. The number of allylic oxidation sites excluding steroid dienone is 3. The molecule has 17 nitrogen and oxygen atoms in total. The van der Waals surface area contributed by atoms with Crippen molar-refractivity contribution in [2.75, 3.05) is 13.2 Å². The van der Waals surface area contributed by atoms with E-state index >= 15 is 9.59 Å². The summed E-state index contributed by atoms with van der Waals surface area (Å²) >= 11 is 0. The Bertz CT molecular complexity index is 3210. The summed E-state index contributed by atoms with van der Waals surface area (Å²) in [4.78, 5) is 74.3. The lowest BCUT2D eigenvalue weighted by molar-refractivity contribution is -0.377. The van der Waals surface area contributed by atoms with Gasteiger partial charge in [0.1, 0.15) is 31.0 Å². The van der Waals surface area contributed by atoms with E-state index in [0.717, 1.165) is 109 Å². The molecule has 0 aromatic heterocycles. The number of hydrogen-bond donors (Lipinski definition) is 4. The minimum absolute atomic E-state index is 0.0215. The van der Waals surface area contributed by atoms with Crippen molar-refractivity contribution >= 4 is 29.8 Å². The minimum atomic E-state index is -1.98. The first-order chi connectivity index (χ1) is 72.2. The summed E-state index contributed by atoms with van der Waals surface area (Å²) in [6, 6.07) is 0. The van der Waals surface area contributed by atoms with Gasteiger partial charge in [0.15, 0.2) is 24.4 Å². The molecule has 0 bridgehead atoms. The van der Waals surface area contributed by atoms with E-state index in [0.29, 0.717) is 36.2 Å². The summed E-state index contributed by atoms with van der Waals surface area (Å²) in [7, 11) is 0. The summed E-state index contributed by atoms with van der Waals surface area (Å²) in [6.45, 7) is 33.7. The van der Waals surface area contributed by atoms with Gasteiger partial charge in [0, 0.05) is 23.1 Å². The van der Waals surface area contributed by atoms with Crippen molar-refractivity contribution in [3.63, 3.8) is 0 Å². The molecule has 2 heterocycles. The van der Waals surface area contributed by atoms with Crippen LogP contribution in [0.4, 0.5) is 0 Å². The first-order valence-corrected chi connectivity index (χ1v) is 64.8. The Labute approximate surface area is 919 Å². The summed E-state index contributed by atoms with van der Waals surface area (Å²) < 4.78 is 52.2. The van der Waals surface area contributed by atoms with E-state index in [4.69, 9.17) is 37.9 Å². The van der Waals surface area contributed by atoms with E-state index in [-0.39, 0.29) is 47.2 Å². The fourth-order valence-corrected chi connectivity index (χ4v) is 23.3. The predicted octanol–water partition coefficient (Wildman–Crippen LogP) is 37.4. The smallest absolute Gasteiger partial charge is 0.333 e. The predicted molar refractivity (Wildman–Crippen MR) is 625 cm³/mol. The summed E-state index contributed by atoms with van der Waals surface area (Å²) in [5.74, 6) is -4.08. The molecule has 2 aliphatic heterocycles. The Morgan fingerprint density at radius 3 is 0.819 bits per heavy atom. The molecule has 2 aliphatic rings. The van der Waals surface area contributed by atoms with Gasteiger partial charge < -0.3 is 58.3 Å². The monoisotopic (exact) mass is 2100 g/mol. The molecule has 149 heavy (non-hydrogen) atoms. The van der Waals surface area contributed by atoms with E-state index in [9.17, 15) is 34.8 Å². The van der Waals surface area contributed by atoms with Crippen molar-refractivity contribution in [3.8, 4) is 0 Å². The van der Waals surface area contributed by atoms with E-state index in [2.05, 4.69) is 83.1 Å². The highest BCUT2D eigenvalue weighted by Gasteiger charge is 2.56. The first kappa shape index (κ1) is 141. The van der Waals surface area contributed by atoms with Crippen molar-refractivity contribution in [3.05, 3.63) is 34.9 Å². The first-order valence-electron chi connectivity index (χ1n) is 64.8. The highest BCUT2D eigenvalue weighted by atomic mass is 16.8. The van der Waals surface area contributed by atoms with Crippen LogP contribution in [-0.4, -0.2) is 131 Å². The highest BCUT2D eigenvalue weighted by Crippen LogP contribution is 2.38. The topological polar surface area (TPSA) is 240 Å². The van der Waals surface area contributed by atoms with E-state index in [1.54, 1.807) is 27.7 Å². The quantitative estimate of drug-likeness (QED) is 0.0192. The number of carbonyl (C=O) groups is 5. The third kappa shape index (κ3) is 74.3. The Hall–Kier alpha value is -3.71. The number of rotatable bonds is 104. The normalized spacial score (nSPS) is 20.4. The van der Waals surface area contributed by atoms with Crippen molar-refractivity contribution < 1.29 is 82.3 Å². The van der Waals surface area contributed by atoms with Gasteiger partial charge in [-0.3, -0.25) is 9.59 Å². The number of hydrogen-bond acceptors (Lipinski definition) is 17. The number of aliphatic hydroxyl groups excluding tert-OH is 4. The molecule has 0 aromatic carbocycles. The number of ether oxygens (including phenoxy) is 8. The minimum Gasteiger partial charge on any atom is -0.459 e. The second-order valence-electron chi connectivity index (χ2n) is 48.6. The summed E-state index contributed by atoms with van der Waals surface area (Å²) in [6.07, 6.45) is 86.2. The largest absolute Gasteiger partial charge is 0.459 e. The average Bonchev–Trinajstić information content (AvgIpc) is 0.769. The Balaban J connectivity index is 2.70. The zero-order valence-corrected chi connectivity index (χ0v) is 101. The maximum absolute atomic E-state index is 15.2. The van der Waals surface area contributed by atoms with Gasteiger partial charge in [-0.1, -0.05) is 596 Å². The molecule has 0 radical (unpaired) electrons. The van der Waals surface area contributed by atoms with Gasteiger partial charge >= 0.3 is 29.8 Å². The van der Waals surface area contributed by atoms with Gasteiger partial charge in [0.2, 0.25) is 12.6 Å². The number of aliphatic hydroxyl groups is 4. The van der Waals surface area contributed by atoms with Crippen LogP contribution in [-0.2, 0) is 61.9 Å². The van der Waals surface area contributed by atoms with E-state index < -0.39 is 116 Å². The fourth-order valence-electron chi connectivity index (χ4n) is 23.3. The molecule has 0 aliphatic carbocycles. The lowest BCUT2D eigenvalue weighted by atomic mass is 9.85. The Morgan fingerprint density at radius 1 is 0.282 bits per heavy atom. The molecule has 0 amide bonds. The van der Waals surface area contributed by atoms with Crippen LogP contribution in [0.3, 0.4) is 0 Å². The van der Waals surface area contributed by atoms with Crippen LogP contribution in [0.25, 0.3) is 0 Å². The van der Waals surface area contributed by atoms with Crippen LogP contribution in [0.5, 0.6) is 0 Å². The number of esters is 5. The van der Waals surface area contributed by atoms with Crippen LogP contribution in [0.15, 0.2) is 34.9 Å². The van der Waals surface area contributed by atoms with Gasteiger partial charge in [-0.2, -0.15) is 0 Å². The van der Waals surface area contributed by atoms with Crippen molar-refractivity contribution in [1.82, 2.24) is 0 Å². The van der Waals surface area contributed by atoms with Gasteiger partial charge in [0.25, 0.3) is 0 Å². The zero-order valence-electron chi connectivity index (χ0n) is 101. The zero-order chi connectivity index (χ0) is 109. The maximum Gasteiger partial charge on any atom is 0.333 e. The van der Waals surface area contributed by atoms with Crippen LogP contribution in [0.1, 0.15) is 644 Å². The molecular weight excluding hydrogens is 1860 g/mol. The second kappa shape index (κ2) is 96.4. The molecule has 4 unspecified atom stereocenters. The van der Waals surface area contributed by atoms with Gasteiger partial charge in [-0.15, -0.1) is 0 Å². The Kier molecular flexibility index (Phi) is 91.5. The lowest BCUT2D eigenvalue weighted by Crippen LogP contribution is -2.66. The van der Waals surface area contributed by atoms with Crippen molar-refractivity contribution in [2.24, 2.45) is 53.3 Å². The third-order valence-electron chi connectivity index (χ3n) is 32.9. The molecule has 0 aromatic rings. The summed E-state index contributed by atoms with van der Waals surface area (Å²) in [5, 5.41) is 49.9. The lowest BCUT2D eigenvalue weighted by Gasteiger charge is -2.47. The van der Waals surface area contributed by atoms with Crippen LogP contribution in [0, 0.1) is 53.3 Å². The van der Waals surface area contributed by atoms with E-state index in [1.165, 1.54) is 398 Å². The molecule has 0 saturated carbocycles. The third-order valence-corrected chi connectivity index (χ3v) is 32.9.